The van der Waals surface area contributed by atoms with Crippen LogP contribution in [-0.4, -0.2) is 109 Å². The van der Waals surface area contributed by atoms with Gasteiger partial charge in [-0.1, -0.05) is 75.8 Å². The van der Waals surface area contributed by atoms with Crippen molar-refractivity contribution in [2.45, 2.75) is 56.3 Å². The summed E-state index contributed by atoms with van der Waals surface area (Å²) in [6.45, 7) is 1.41. The number of halogens is 1. The Balaban J connectivity index is 1.32. The van der Waals surface area contributed by atoms with Gasteiger partial charge in [-0.3, -0.25) is 19.2 Å². The number of hydrogen-bond donors (Lipinski definition) is 1. The van der Waals surface area contributed by atoms with Crippen LogP contribution in [0.4, 0.5) is 0 Å². The van der Waals surface area contributed by atoms with Gasteiger partial charge in [0.15, 0.2) is 0 Å². The lowest BCUT2D eigenvalue weighted by Gasteiger charge is -2.35. The van der Waals surface area contributed by atoms with Crippen molar-refractivity contribution in [3.05, 3.63) is 82.9 Å². The van der Waals surface area contributed by atoms with Gasteiger partial charge in [0.1, 0.15) is 42.0 Å². The van der Waals surface area contributed by atoms with Crippen LogP contribution in [0.15, 0.2) is 77.3 Å². The average Bonchev–Trinajstić information content (AvgIpc) is 3.83. The molecule has 5 bridgehead atoms. The lowest BCUT2D eigenvalue weighted by Crippen LogP contribution is -2.56. The van der Waals surface area contributed by atoms with Gasteiger partial charge in [0.05, 0.1) is 24.1 Å². The molecule has 0 saturated carbocycles. The predicted octanol–water partition coefficient (Wildman–Crippen LogP) is 2.56. The minimum Gasteiger partial charge on any atom is -0.455 e. The molecule has 4 aliphatic heterocycles. The van der Waals surface area contributed by atoms with Gasteiger partial charge < -0.3 is 29.3 Å². The quantitative estimate of drug-likeness (QED) is 0.309. The van der Waals surface area contributed by atoms with E-state index in [2.05, 4.69) is 26.2 Å². The number of benzene rings is 2. The number of likely N-dealkylation sites (tertiary alicyclic amines) is 1. The molecule has 1 spiro atoms. The smallest absolute Gasteiger partial charge is 0.313 e. The Morgan fingerprint density at radius 3 is 2.53 bits per heavy atom. The van der Waals surface area contributed by atoms with Crippen LogP contribution in [0.2, 0.25) is 0 Å². The third-order valence-electron chi connectivity index (χ3n) is 10.1. The van der Waals surface area contributed by atoms with Gasteiger partial charge >= 0.3 is 5.97 Å². The molecule has 14 heteroatoms. The van der Waals surface area contributed by atoms with Gasteiger partial charge in [-0.05, 0) is 37.1 Å². The Morgan fingerprint density at radius 2 is 1.76 bits per heavy atom. The maximum absolute atomic E-state index is 14.8. The highest BCUT2D eigenvalue weighted by Gasteiger charge is 2.75. The number of ether oxygens (including phenoxy) is 2. The number of amides is 3. The molecule has 5 heterocycles. The van der Waals surface area contributed by atoms with Crippen molar-refractivity contribution in [2.75, 3.05) is 26.7 Å². The molecule has 2 aromatic carbocycles. The molecule has 2 saturated heterocycles. The number of allylic oxidation sites excluding steroid dienone is 1. The lowest BCUT2D eigenvalue weighted by molar-refractivity contribution is -0.164. The van der Waals surface area contributed by atoms with Gasteiger partial charge in [-0.2, -0.15) is 0 Å². The SMILES string of the molecule is C[C@H]1[C@H](c2ccccc2)OC(=O)[C@H]2[C@@H]3O[C@@]4(C=C3Br)[C@@H]2C(=O)N(CCO)[C@@H]4C(=O)N(Cn2nnc3ccccc32)C/C=C\CCC(=O)N1C. The number of aromatic nitrogens is 3. The number of cyclic esters (lactones) is 1. The largest absolute Gasteiger partial charge is 0.455 e. The first-order valence-electron chi connectivity index (χ1n) is 16.4. The highest BCUT2D eigenvalue weighted by Crippen LogP contribution is 2.59. The van der Waals surface area contributed by atoms with Crippen molar-refractivity contribution in [3.8, 4) is 0 Å². The molecule has 7 atom stereocenters. The fourth-order valence-electron chi connectivity index (χ4n) is 7.61. The van der Waals surface area contributed by atoms with Crippen molar-refractivity contribution in [1.29, 1.82) is 0 Å². The van der Waals surface area contributed by atoms with Crippen molar-refractivity contribution in [1.82, 2.24) is 29.7 Å². The van der Waals surface area contributed by atoms with Crippen LogP contribution in [0.25, 0.3) is 11.0 Å². The Morgan fingerprint density at radius 1 is 1.00 bits per heavy atom. The number of carbonyl (C=O) groups is 4. The standard InChI is InChI=1S/C35H37BrN6O7/c1-21-29(22-11-5-3-6-12-22)48-34(47)27-28-32(45)41(17-18-43)31(35(28)19-23(36)30(27)49-35)33(46)40(16-10-4-7-15-26(44)39(21)2)20-42-25-14-9-8-13-24(25)37-38-42/h3-6,8-14,19,21,27-31,43H,7,15-18,20H2,1-2H3/b10-4-/t21-,27+,28-,29+,30+,31+,35-/m0/s1. The first-order chi connectivity index (χ1) is 23.7. The lowest BCUT2D eigenvalue weighted by atomic mass is 9.74. The zero-order chi connectivity index (χ0) is 34.4. The summed E-state index contributed by atoms with van der Waals surface area (Å²) in [5.41, 5.74) is 0.562. The zero-order valence-electron chi connectivity index (χ0n) is 27.1. The number of aliphatic hydroxyl groups is 1. The van der Waals surface area contributed by atoms with Gasteiger partial charge in [-0.25, -0.2) is 4.68 Å². The summed E-state index contributed by atoms with van der Waals surface area (Å²) in [7, 11) is 1.68. The van der Waals surface area contributed by atoms with Crippen molar-refractivity contribution in [2.24, 2.45) is 11.8 Å². The molecule has 49 heavy (non-hydrogen) atoms. The Kier molecular flexibility index (Phi) is 8.88. The van der Waals surface area contributed by atoms with Crippen LogP contribution >= 0.6 is 15.9 Å². The number of likely N-dealkylation sites (N-methyl/N-ethyl adjacent to an activating group) is 1. The maximum atomic E-state index is 14.8. The van der Waals surface area contributed by atoms with Crippen molar-refractivity contribution < 1.29 is 33.8 Å². The minimum atomic E-state index is -1.50. The molecule has 0 radical (unpaired) electrons. The van der Waals surface area contributed by atoms with Crippen LogP contribution < -0.4 is 0 Å². The second-order valence-electron chi connectivity index (χ2n) is 12.9. The first kappa shape index (κ1) is 33.1. The third-order valence-corrected chi connectivity index (χ3v) is 10.8. The minimum absolute atomic E-state index is 0.000188. The van der Waals surface area contributed by atoms with Gasteiger partial charge in [0, 0.05) is 31.0 Å². The highest BCUT2D eigenvalue weighted by atomic mass is 79.9. The summed E-state index contributed by atoms with van der Waals surface area (Å²) in [4.78, 5) is 61.3. The van der Waals surface area contributed by atoms with E-state index in [0.717, 1.165) is 0 Å². The number of esters is 1. The van der Waals surface area contributed by atoms with E-state index >= 15 is 0 Å². The number of para-hydroxylation sites is 1. The molecule has 256 valence electrons. The Hall–Kier alpha value is -4.40. The van der Waals surface area contributed by atoms with E-state index < -0.39 is 66.1 Å². The van der Waals surface area contributed by atoms with E-state index in [0.29, 0.717) is 27.5 Å². The number of nitrogens with zero attached hydrogens (tertiary/aromatic N) is 6. The van der Waals surface area contributed by atoms with Gasteiger partial charge in [-0.15, -0.1) is 5.10 Å². The van der Waals surface area contributed by atoms with E-state index in [1.54, 1.807) is 27.6 Å². The molecular weight excluding hydrogens is 696 g/mol. The maximum Gasteiger partial charge on any atom is 0.313 e. The normalized spacial score (nSPS) is 31.3. The Bertz CT molecular complexity index is 1850. The monoisotopic (exact) mass is 732 g/mol. The van der Waals surface area contributed by atoms with Gasteiger partial charge in [0.2, 0.25) is 11.8 Å². The molecule has 7 rings (SSSR count). The number of β-amino-alcohol motifs (C(OH)–C–C–N with tert-alkyl or cyclic N) is 1. The van der Waals surface area contributed by atoms with E-state index in [1.165, 1.54) is 4.90 Å². The van der Waals surface area contributed by atoms with E-state index in [-0.39, 0.29) is 32.1 Å². The molecule has 1 N–H and O–H groups in total. The van der Waals surface area contributed by atoms with E-state index in [9.17, 15) is 24.3 Å². The molecule has 3 amide bonds. The molecule has 0 aliphatic carbocycles. The number of fused-ring (bicyclic) bond motifs is 3. The molecular formula is C35H37BrN6O7. The van der Waals surface area contributed by atoms with Crippen LogP contribution in [0.1, 0.15) is 31.4 Å². The fourth-order valence-corrected chi connectivity index (χ4v) is 8.35. The van der Waals surface area contributed by atoms with Crippen LogP contribution in [-0.2, 0) is 35.3 Å². The van der Waals surface area contributed by atoms with E-state index in [1.807, 2.05) is 73.7 Å². The van der Waals surface area contributed by atoms with Crippen molar-refractivity contribution in [3.63, 3.8) is 0 Å². The summed E-state index contributed by atoms with van der Waals surface area (Å²) in [5, 5.41) is 18.6. The molecule has 1 aromatic heterocycles. The van der Waals surface area contributed by atoms with Crippen LogP contribution in [0.3, 0.4) is 0 Å². The molecule has 4 aliphatic rings. The number of aliphatic hydroxyl groups excluding tert-OH is 1. The molecule has 0 unspecified atom stereocenters. The summed E-state index contributed by atoms with van der Waals surface area (Å²) >= 11 is 3.57. The zero-order valence-corrected chi connectivity index (χ0v) is 28.7. The molecule has 13 nitrogen and oxygen atoms in total. The third kappa shape index (κ3) is 5.55. The summed E-state index contributed by atoms with van der Waals surface area (Å²) in [6.07, 6.45) is 4.28. The second kappa shape index (κ2) is 13.1. The first-order valence-corrected chi connectivity index (χ1v) is 17.2. The Labute approximate surface area is 291 Å². The van der Waals surface area contributed by atoms with Crippen LogP contribution in [0.5, 0.6) is 0 Å². The summed E-state index contributed by atoms with van der Waals surface area (Å²) < 4.78 is 15.0. The highest BCUT2D eigenvalue weighted by molar-refractivity contribution is 9.11. The van der Waals surface area contributed by atoms with Gasteiger partial charge in [0.25, 0.3) is 5.91 Å². The second-order valence-corrected chi connectivity index (χ2v) is 13.8. The summed E-state index contributed by atoms with van der Waals surface area (Å²) in [5.74, 6) is -3.91. The molecule has 2 fully saturated rings. The van der Waals surface area contributed by atoms with E-state index in [4.69, 9.17) is 9.47 Å². The number of hydrogen-bond acceptors (Lipinski definition) is 9. The fraction of sp³-hybridized carbons (Fsp3) is 0.429. The summed E-state index contributed by atoms with van der Waals surface area (Å²) in [6, 6.07) is 14.8. The van der Waals surface area contributed by atoms with Crippen molar-refractivity contribution >= 4 is 50.7 Å². The van der Waals surface area contributed by atoms with Crippen LogP contribution in [0, 0.1) is 11.8 Å². The number of rotatable bonds is 5. The average molecular weight is 734 g/mol. The molecule has 3 aromatic rings. The topological polar surface area (TPSA) is 147 Å². The predicted molar refractivity (Wildman–Crippen MR) is 179 cm³/mol. The number of carbonyl (C=O) groups excluding carboxylic acids is 4.